The van der Waals surface area contributed by atoms with E-state index in [1.807, 2.05) is 0 Å². The standard InChI is InChI=1S/C3H4NO/c1-4-2-3-5/h1-2H2. The molecule has 0 saturated carbocycles. The van der Waals surface area contributed by atoms with Gasteiger partial charge in [0.2, 0.25) is 6.29 Å². The van der Waals surface area contributed by atoms with Crippen LogP contribution in [0.3, 0.4) is 0 Å². The van der Waals surface area contributed by atoms with Crippen molar-refractivity contribution in [1.82, 2.24) is 0 Å². The molecule has 5 heavy (non-hydrogen) atoms. The normalized spacial score (nSPS) is 6.40. The summed E-state index contributed by atoms with van der Waals surface area (Å²) in [6, 6.07) is 0. The quantitative estimate of drug-likeness (QED) is 0.413. The van der Waals surface area contributed by atoms with E-state index < -0.39 is 0 Å². The second-order valence-electron chi connectivity index (χ2n) is 0.526. The van der Waals surface area contributed by atoms with Gasteiger partial charge in [0.1, 0.15) is 6.54 Å². The van der Waals surface area contributed by atoms with Gasteiger partial charge in [-0.25, -0.2) is 0 Å². The molecule has 1 radical (unpaired) electrons. The average molecular weight is 70.1 g/mol. The molecule has 0 aromatic heterocycles. The van der Waals surface area contributed by atoms with Crippen LogP contribution in [0.2, 0.25) is 0 Å². The van der Waals surface area contributed by atoms with E-state index in [9.17, 15) is 0 Å². The van der Waals surface area contributed by atoms with E-state index in [-0.39, 0.29) is 6.54 Å². The molecule has 0 atom stereocenters. The van der Waals surface area contributed by atoms with Crippen LogP contribution in [-0.4, -0.2) is 19.5 Å². The molecular weight excluding hydrogens is 66.0 g/mol. The molecular formula is C3H4NO. The minimum atomic E-state index is 0.0972. The molecule has 0 aromatic rings. The fraction of sp³-hybridized carbons (Fsp3) is 0.333. The lowest BCUT2D eigenvalue weighted by Crippen LogP contribution is -1.72. The molecule has 0 spiro atoms. The van der Waals surface area contributed by atoms with Gasteiger partial charge >= 0.3 is 0 Å². The zero-order valence-corrected chi connectivity index (χ0v) is 2.77. The topological polar surface area (TPSA) is 29.4 Å². The molecule has 0 N–H and O–H groups in total. The smallest absolute Gasteiger partial charge is 0.221 e. The van der Waals surface area contributed by atoms with Crippen molar-refractivity contribution in [3.8, 4) is 0 Å². The van der Waals surface area contributed by atoms with Crippen molar-refractivity contribution in [1.29, 1.82) is 0 Å². The summed E-state index contributed by atoms with van der Waals surface area (Å²) in [6.45, 7) is 3.14. The van der Waals surface area contributed by atoms with Crippen LogP contribution >= 0.6 is 0 Å². The Morgan fingerprint density at radius 2 is 2.60 bits per heavy atom. The summed E-state index contributed by atoms with van der Waals surface area (Å²) < 4.78 is 0. The van der Waals surface area contributed by atoms with Gasteiger partial charge in [0.05, 0.1) is 0 Å². The van der Waals surface area contributed by atoms with Crippen LogP contribution < -0.4 is 0 Å². The zero-order valence-electron chi connectivity index (χ0n) is 2.77. The highest BCUT2D eigenvalue weighted by atomic mass is 16.1. The summed E-state index contributed by atoms with van der Waals surface area (Å²) >= 11 is 0. The lowest BCUT2D eigenvalue weighted by Gasteiger charge is -1.60. The second kappa shape index (κ2) is 3.34. The largest absolute Gasteiger partial charge is 0.293 e. The molecule has 0 heterocycles. The molecule has 0 bridgehead atoms. The Labute approximate surface area is 30.5 Å². The highest BCUT2D eigenvalue weighted by Crippen LogP contribution is 1.48. The van der Waals surface area contributed by atoms with Crippen molar-refractivity contribution in [2.24, 2.45) is 4.99 Å². The summed E-state index contributed by atoms with van der Waals surface area (Å²) in [5.41, 5.74) is 0. The van der Waals surface area contributed by atoms with Crippen molar-refractivity contribution in [3.63, 3.8) is 0 Å². The second-order valence-corrected chi connectivity index (χ2v) is 0.526. The maximum absolute atomic E-state index is 9.15. The lowest BCUT2D eigenvalue weighted by molar-refractivity contribution is 0.556. The number of hydrogen-bond acceptors (Lipinski definition) is 2. The Balaban J connectivity index is 2.65. The van der Waals surface area contributed by atoms with Gasteiger partial charge in [-0.3, -0.25) is 9.79 Å². The van der Waals surface area contributed by atoms with Gasteiger partial charge in [-0.2, -0.15) is 0 Å². The van der Waals surface area contributed by atoms with Crippen LogP contribution in [0.5, 0.6) is 0 Å². The Kier molecular flexibility index (Phi) is 2.90. The molecule has 0 aliphatic carbocycles. The summed E-state index contributed by atoms with van der Waals surface area (Å²) in [6.07, 6.45) is 1.54. The fourth-order valence-electron chi connectivity index (χ4n) is 0.0456. The predicted octanol–water partition coefficient (Wildman–Crippen LogP) is -0.203. The minimum Gasteiger partial charge on any atom is -0.293 e. The highest BCUT2D eigenvalue weighted by molar-refractivity contribution is 5.54. The average Bonchev–Trinajstić information content (AvgIpc) is 1.41. The monoisotopic (exact) mass is 70.0 g/mol. The molecule has 0 aliphatic heterocycles. The molecule has 0 aromatic carbocycles. The van der Waals surface area contributed by atoms with Gasteiger partial charge in [0.25, 0.3) is 0 Å². The Hall–Kier alpha value is -0.660. The Morgan fingerprint density at radius 3 is 2.60 bits per heavy atom. The number of aliphatic imine (C=N–C) groups is 1. The predicted molar refractivity (Wildman–Crippen MR) is 20.1 cm³/mol. The van der Waals surface area contributed by atoms with Crippen molar-refractivity contribution in [2.45, 2.75) is 0 Å². The van der Waals surface area contributed by atoms with Crippen LogP contribution in [-0.2, 0) is 4.79 Å². The maximum Gasteiger partial charge on any atom is 0.221 e. The molecule has 0 rings (SSSR count). The first kappa shape index (κ1) is 4.34. The van der Waals surface area contributed by atoms with E-state index in [4.69, 9.17) is 4.79 Å². The number of rotatable bonds is 2. The van der Waals surface area contributed by atoms with E-state index in [0.29, 0.717) is 0 Å². The molecule has 0 unspecified atom stereocenters. The number of hydrogen-bond donors (Lipinski definition) is 0. The third-order valence-electron chi connectivity index (χ3n) is 0.176. The summed E-state index contributed by atoms with van der Waals surface area (Å²) in [5.74, 6) is 0. The molecule has 0 aliphatic rings. The van der Waals surface area contributed by atoms with Crippen molar-refractivity contribution in [3.05, 3.63) is 0 Å². The van der Waals surface area contributed by atoms with Gasteiger partial charge in [0, 0.05) is 0 Å². The van der Waals surface area contributed by atoms with Crippen molar-refractivity contribution in [2.75, 3.05) is 6.54 Å². The first-order valence-corrected chi connectivity index (χ1v) is 1.19. The SMILES string of the molecule is C=NC[C]=O. The molecule has 27 valence electrons. The van der Waals surface area contributed by atoms with Crippen LogP contribution in [0.15, 0.2) is 4.99 Å². The van der Waals surface area contributed by atoms with Gasteiger partial charge in [0.15, 0.2) is 0 Å². The first-order chi connectivity index (χ1) is 2.41. The molecule has 0 saturated heterocycles. The van der Waals surface area contributed by atoms with E-state index >= 15 is 0 Å². The van der Waals surface area contributed by atoms with Crippen LogP contribution in [0.25, 0.3) is 0 Å². The third-order valence-corrected chi connectivity index (χ3v) is 0.176. The van der Waals surface area contributed by atoms with E-state index in [1.165, 1.54) is 6.29 Å². The first-order valence-electron chi connectivity index (χ1n) is 1.19. The minimum absolute atomic E-state index is 0.0972. The van der Waals surface area contributed by atoms with E-state index in [0.717, 1.165) is 0 Å². The van der Waals surface area contributed by atoms with Crippen LogP contribution in [0, 0.1) is 0 Å². The number of carbonyl (C=O) groups excluding carboxylic acids is 1. The highest BCUT2D eigenvalue weighted by Gasteiger charge is 1.62. The summed E-state index contributed by atoms with van der Waals surface area (Å²) in [4.78, 5) is 12.3. The maximum atomic E-state index is 9.15. The Morgan fingerprint density at radius 1 is 2.00 bits per heavy atom. The summed E-state index contributed by atoms with van der Waals surface area (Å²) in [7, 11) is 0. The molecule has 0 amide bonds. The van der Waals surface area contributed by atoms with Crippen molar-refractivity contribution < 1.29 is 4.79 Å². The molecule has 0 fully saturated rings. The summed E-state index contributed by atoms with van der Waals surface area (Å²) in [5, 5.41) is 0. The van der Waals surface area contributed by atoms with Crippen LogP contribution in [0.4, 0.5) is 0 Å². The fourth-order valence-corrected chi connectivity index (χ4v) is 0.0456. The molecule has 2 heteroatoms. The lowest BCUT2D eigenvalue weighted by atomic mass is 10.8. The van der Waals surface area contributed by atoms with E-state index in [2.05, 4.69) is 11.7 Å². The van der Waals surface area contributed by atoms with Crippen molar-refractivity contribution >= 4 is 13.0 Å². The van der Waals surface area contributed by atoms with Gasteiger partial charge in [-0.05, 0) is 6.72 Å². The number of nitrogens with zero attached hydrogens (tertiary/aromatic N) is 1. The van der Waals surface area contributed by atoms with Gasteiger partial charge < -0.3 is 0 Å². The van der Waals surface area contributed by atoms with Crippen LogP contribution in [0.1, 0.15) is 0 Å². The third kappa shape index (κ3) is 3.34. The van der Waals surface area contributed by atoms with Gasteiger partial charge in [-0.15, -0.1) is 0 Å². The zero-order chi connectivity index (χ0) is 4.12. The molecule has 2 nitrogen and oxygen atoms in total. The van der Waals surface area contributed by atoms with Gasteiger partial charge in [-0.1, -0.05) is 0 Å². The Bertz CT molecular complexity index is 36.2. The van der Waals surface area contributed by atoms with E-state index in [1.54, 1.807) is 0 Å².